The Morgan fingerprint density at radius 3 is 2.68 bits per heavy atom. The van der Waals surface area contributed by atoms with Gasteiger partial charge in [0.15, 0.2) is 5.58 Å². The third-order valence-electron chi connectivity index (χ3n) is 4.87. The molecular weight excluding hydrogens is 382 g/mol. The monoisotopic (exact) mass is 403 g/mol. The maximum Gasteiger partial charge on any atom is 0.417 e. The predicted octanol–water partition coefficient (Wildman–Crippen LogP) is 2.49. The molecule has 9 heteroatoms. The Morgan fingerprint density at radius 1 is 1.18 bits per heavy atom. The van der Waals surface area contributed by atoms with Crippen molar-refractivity contribution in [1.82, 2.24) is 14.7 Å². The fourth-order valence-electron chi connectivity index (χ4n) is 3.38. The van der Waals surface area contributed by atoms with Crippen molar-refractivity contribution in [3.63, 3.8) is 0 Å². The molecule has 2 heterocycles. The Morgan fingerprint density at radius 2 is 1.96 bits per heavy atom. The first-order valence-corrected chi connectivity index (χ1v) is 10.6. The summed E-state index contributed by atoms with van der Waals surface area (Å²) in [6.45, 7) is 1.97. The molecule has 0 aliphatic heterocycles. The molecule has 0 amide bonds. The Balaban J connectivity index is 1.37. The van der Waals surface area contributed by atoms with Crippen LogP contribution in [0.2, 0.25) is 0 Å². The largest absolute Gasteiger partial charge is 0.474 e. The third-order valence-corrected chi connectivity index (χ3v) is 6.39. The molecule has 148 valence electrons. The zero-order chi connectivity index (χ0) is 19.7. The first-order valence-electron chi connectivity index (χ1n) is 9.13. The van der Waals surface area contributed by atoms with Crippen LogP contribution in [0.5, 0.6) is 5.88 Å². The Kier molecular flexibility index (Phi) is 4.94. The summed E-state index contributed by atoms with van der Waals surface area (Å²) in [6.07, 6.45) is 4.65. The number of nitrogens with one attached hydrogen (secondary N) is 2. The number of hydrogen-bond donors (Lipinski definition) is 2. The van der Waals surface area contributed by atoms with Crippen LogP contribution >= 0.6 is 0 Å². The van der Waals surface area contributed by atoms with Crippen molar-refractivity contribution in [2.75, 3.05) is 0 Å². The number of pyridine rings is 1. The van der Waals surface area contributed by atoms with Crippen molar-refractivity contribution in [1.29, 1.82) is 0 Å². The quantitative estimate of drug-likeness (QED) is 0.676. The second-order valence-corrected chi connectivity index (χ2v) is 8.77. The molecule has 1 aliphatic carbocycles. The van der Waals surface area contributed by atoms with Gasteiger partial charge in [-0.3, -0.25) is 4.98 Å². The van der Waals surface area contributed by atoms with Gasteiger partial charge in [0.2, 0.25) is 15.9 Å². The van der Waals surface area contributed by atoms with Crippen LogP contribution in [-0.4, -0.2) is 30.5 Å². The number of H-pyrrole nitrogens is 1. The van der Waals surface area contributed by atoms with E-state index in [4.69, 9.17) is 9.15 Å². The number of nitrogens with zero attached hydrogens (tertiary/aromatic N) is 1. The number of aromatic nitrogens is 2. The number of fused-ring (bicyclic) bond motifs is 1. The molecule has 0 spiro atoms. The Bertz CT molecular complexity index is 1130. The maximum atomic E-state index is 12.7. The molecule has 3 aromatic rings. The van der Waals surface area contributed by atoms with E-state index in [1.165, 1.54) is 18.2 Å². The summed E-state index contributed by atoms with van der Waals surface area (Å²) >= 11 is 0. The van der Waals surface area contributed by atoms with Crippen LogP contribution in [0, 0.1) is 6.92 Å². The number of ether oxygens (including phenoxy) is 1. The highest BCUT2D eigenvalue weighted by molar-refractivity contribution is 7.89. The summed E-state index contributed by atoms with van der Waals surface area (Å²) in [6, 6.07) is 7.95. The van der Waals surface area contributed by atoms with Gasteiger partial charge in [0.05, 0.1) is 10.4 Å². The first-order chi connectivity index (χ1) is 13.4. The van der Waals surface area contributed by atoms with E-state index in [-0.39, 0.29) is 17.0 Å². The number of aryl methyl sites for hydroxylation is 1. The van der Waals surface area contributed by atoms with E-state index in [2.05, 4.69) is 14.7 Å². The summed E-state index contributed by atoms with van der Waals surface area (Å²) in [5, 5.41) is 0. The summed E-state index contributed by atoms with van der Waals surface area (Å²) in [4.78, 5) is 18.1. The Hall–Kier alpha value is -2.65. The first kappa shape index (κ1) is 18.7. The lowest BCUT2D eigenvalue weighted by Crippen LogP contribution is -2.39. The summed E-state index contributed by atoms with van der Waals surface area (Å²) in [5.74, 6) is -0.0177. The van der Waals surface area contributed by atoms with Crippen LogP contribution in [0.3, 0.4) is 0 Å². The highest BCUT2D eigenvalue weighted by Gasteiger charge is 2.27. The Labute approximate surface area is 162 Å². The topological polar surface area (TPSA) is 114 Å². The fourth-order valence-corrected chi connectivity index (χ4v) is 4.71. The lowest BCUT2D eigenvalue weighted by molar-refractivity contribution is 0.138. The van der Waals surface area contributed by atoms with E-state index in [0.29, 0.717) is 29.8 Å². The van der Waals surface area contributed by atoms with Crippen molar-refractivity contribution >= 4 is 21.1 Å². The molecule has 4 rings (SSSR count). The number of aromatic amines is 1. The highest BCUT2D eigenvalue weighted by Crippen LogP contribution is 2.25. The van der Waals surface area contributed by atoms with E-state index in [9.17, 15) is 13.2 Å². The van der Waals surface area contributed by atoms with E-state index in [1.807, 2.05) is 19.1 Å². The number of benzene rings is 1. The van der Waals surface area contributed by atoms with Gasteiger partial charge in [-0.1, -0.05) is 6.07 Å². The maximum absolute atomic E-state index is 12.7. The molecule has 0 bridgehead atoms. The molecule has 1 aliphatic rings. The van der Waals surface area contributed by atoms with Crippen molar-refractivity contribution in [2.24, 2.45) is 0 Å². The summed E-state index contributed by atoms with van der Waals surface area (Å²) in [5.41, 5.74) is 1.75. The second kappa shape index (κ2) is 7.40. The molecule has 1 fully saturated rings. The van der Waals surface area contributed by atoms with Crippen LogP contribution in [0.15, 0.2) is 50.6 Å². The second-order valence-electron chi connectivity index (χ2n) is 7.06. The molecule has 0 unspecified atom stereocenters. The van der Waals surface area contributed by atoms with Gasteiger partial charge in [-0.2, -0.15) is 0 Å². The van der Waals surface area contributed by atoms with E-state index in [0.717, 1.165) is 18.4 Å². The lowest BCUT2D eigenvalue weighted by Gasteiger charge is -2.29. The van der Waals surface area contributed by atoms with E-state index < -0.39 is 15.8 Å². The number of oxazole rings is 1. The van der Waals surface area contributed by atoms with Crippen molar-refractivity contribution in [2.45, 2.75) is 49.6 Å². The van der Waals surface area contributed by atoms with Crippen molar-refractivity contribution < 1.29 is 17.6 Å². The van der Waals surface area contributed by atoms with Crippen molar-refractivity contribution in [3.05, 3.63) is 52.6 Å². The van der Waals surface area contributed by atoms with Crippen LogP contribution in [0.1, 0.15) is 31.2 Å². The molecular formula is C19H21N3O5S. The average molecular weight is 403 g/mol. The summed E-state index contributed by atoms with van der Waals surface area (Å²) < 4.78 is 38.9. The molecule has 2 aromatic heterocycles. The van der Waals surface area contributed by atoms with E-state index >= 15 is 0 Å². The van der Waals surface area contributed by atoms with Gasteiger partial charge in [-0.05, 0) is 56.4 Å². The normalized spacial score (nSPS) is 20.3. The molecule has 8 nitrogen and oxygen atoms in total. The lowest BCUT2D eigenvalue weighted by atomic mass is 9.94. The molecule has 0 saturated heterocycles. The molecule has 1 saturated carbocycles. The molecule has 0 radical (unpaired) electrons. The van der Waals surface area contributed by atoms with Gasteiger partial charge in [0.25, 0.3) is 0 Å². The van der Waals surface area contributed by atoms with Gasteiger partial charge < -0.3 is 9.15 Å². The third kappa shape index (κ3) is 4.10. The van der Waals surface area contributed by atoms with Gasteiger partial charge in [-0.25, -0.2) is 22.9 Å². The van der Waals surface area contributed by atoms with Crippen LogP contribution in [0.4, 0.5) is 0 Å². The molecule has 28 heavy (non-hydrogen) atoms. The van der Waals surface area contributed by atoms with Crippen LogP contribution < -0.4 is 15.2 Å². The zero-order valence-corrected chi connectivity index (χ0v) is 16.2. The minimum atomic E-state index is -3.69. The van der Waals surface area contributed by atoms with Crippen LogP contribution in [-0.2, 0) is 10.0 Å². The standard InChI is InChI=1S/C19H21N3O5S/c1-12-2-9-18(20-11-12)26-14-5-3-13(4-6-14)22-28(24,25)15-7-8-17-16(10-15)21-19(23)27-17/h2,7-11,13-14,22H,3-6H2,1H3,(H,21,23). The number of sulfonamides is 1. The van der Waals surface area contributed by atoms with Gasteiger partial charge in [0.1, 0.15) is 6.10 Å². The van der Waals surface area contributed by atoms with Gasteiger partial charge in [-0.15, -0.1) is 0 Å². The van der Waals surface area contributed by atoms with E-state index in [1.54, 1.807) is 6.20 Å². The SMILES string of the molecule is Cc1ccc(OC2CCC(NS(=O)(=O)c3ccc4oc(=O)[nH]c4c3)CC2)nc1. The minimum Gasteiger partial charge on any atom is -0.474 e. The molecule has 1 aromatic carbocycles. The molecule has 0 atom stereocenters. The predicted molar refractivity (Wildman–Crippen MR) is 103 cm³/mol. The summed E-state index contributed by atoms with van der Waals surface area (Å²) in [7, 11) is -3.69. The minimum absolute atomic E-state index is 0.0308. The zero-order valence-electron chi connectivity index (χ0n) is 15.3. The molecule has 2 N–H and O–H groups in total. The average Bonchev–Trinajstić information content (AvgIpc) is 3.04. The number of hydrogen-bond acceptors (Lipinski definition) is 6. The smallest absolute Gasteiger partial charge is 0.417 e. The van der Waals surface area contributed by atoms with Gasteiger partial charge >= 0.3 is 5.76 Å². The fraction of sp³-hybridized carbons (Fsp3) is 0.368. The number of rotatable bonds is 5. The highest BCUT2D eigenvalue weighted by atomic mass is 32.2. The van der Waals surface area contributed by atoms with Crippen molar-refractivity contribution in [3.8, 4) is 5.88 Å². The van der Waals surface area contributed by atoms with Crippen LogP contribution in [0.25, 0.3) is 11.1 Å². The van der Waals surface area contributed by atoms with Gasteiger partial charge in [0, 0.05) is 18.3 Å².